The van der Waals surface area contributed by atoms with Crippen LogP contribution in [0.5, 0.6) is 6.01 Å². The molecule has 0 bridgehead atoms. The molecule has 3 rings (SSSR count). The first-order valence-corrected chi connectivity index (χ1v) is 11.8. The zero-order chi connectivity index (χ0) is 22.1. The topological polar surface area (TPSA) is 82.0 Å². The quantitative estimate of drug-likeness (QED) is 0.373. The van der Waals surface area contributed by atoms with E-state index in [9.17, 15) is 8.42 Å². The van der Waals surface area contributed by atoms with Crippen LogP contribution in [0.2, 0.25) is 10.6 Å². The van der Waals surface area contributed by atoms with Gasteiger partial charge in [-0.15, -0.1) is 0 Å². The molecule has 3 aromatic rings. The molecule has 0 N–H and O–H groups in total. The van der Waals surface area contributed by atoms with Crippen molar-refractivity contribution in [2.45, 2.75) is 45.4 Å². The molecule has 0 atom stereocenters. The number of halogens is 2. The predicted molar refractivity (Wildman–Crippen MR) is 120 cm³/mol. The molecule has 10 heteroatoms. The zero-order valence-electron chi connectivity index (χ0n) is 19.2. The minimum Gasteiger partial charge on any atom is -1.00 e. The SMILES string of the molecule is CC(C)Cc1cc(S(=O)(=O)Oc2nc(Cl)nc(Cl)n2)cc2c(CC(C)C)cccc12.[H-].[Na+]. The Morgan fingerprint density at radius 1 is 0.903 bits per heavy atom. The third kappa shape index (κ3) is 6.76. The number of benzene rings is 2. The Balaban J connectivity index is 0.00000256. The van der Waals surface area contributed by atoms with Gasteiger partial charge < -0.3 is 5.61 Å². The molecule has 0 aliphatic carbocycles. The summed E-state index contributed by atoms with van der Waals surface area (Å²) in [6.45, 7) is 8.45. The van der Waals surface area contributed by atoms with Crippen molar-refractivity contribution in [1.82, 2.24) is 15.0 Å². The number of hydrogen-bond donors (Lipinski definition) is 0. The molecule has 0 aliphatic heterocycles. The Hall–Kier alpha value is -0.960. The van der Waals surface area contributed by atoms with Gasteiger partial charge in [0.25, 0.3) is 0 Å². The summed E-state index contributed by atoms with van der Waals surface area (Å²) in [5.74, 6) is 0.775. The fourth-order valence-electron chi connectivity index (χ4n) is 3.36. The van der Waals surface area contributed by atoms with E-state index in [0.29, 0.717) is 11.8 Å². The van der Waals surface area contributed by atoms with Crippen molar-refractivity contribution in [2.75, 3.05) is 0 Å². The van der Waals surface area contributed by atoms with Crippen LogP contribution >= 0.6 is 23.2 Å². The molecule has 0 fully saturated rings. The molecule has 162 valence electrons. The smallest absolute Gasteiger partial charge is 1.00 e. The molecular formula is C21H24Cl2N3NaO3S. The van der Waals surface area contributed by atoms with Gasteiger partial charge in [0.1, 0.15) is 4.90 Å². The summed E-state index contributed by atoms with van der Waals surface area (Å²) >= 11 is 11.5. The Bertz CT molecular complexity index is 1170. The Morgan fingerprint density at radius 2 is 1.48 bits per heavy atom. The van der Waals surface area contributed by atoms with Crippen LogP contribution < -0.4 is 33.7 Å². The zero-order valence-corrected chi connectivity index (χ0v) is 22.5. The van der Waals surface area contributed by atoms with Crippen molar-refractivity contribution in [2.24, 2.45) is 11.8 Å². The molecule has 31 heavy (non-hydrogen) atoms. The summed E-state index contributed by atoms with van der Waals surface area (Å²) in [5, 5.41) is 1.45. The molecule has 0 spiro atoms. The number of nitrogens with zero attached hydrogens (tertiary/aromatic N) is 3. The average Bonchev–Trinajstić information content (AvgIpc) is 2.59. The largest absolute Gasteiger partial charge is 1.00 e. The molecule has 0 aliphatic rings. The fraction of sp³-hybridized carbons (Fsp3) is 0.381. The Labute approximate surface area is 216 Å². The van der Waals surface area contributed by atoms with E-state index in [1.807, 2.05) is 18.2 Å². The molecule has 1 aromatic heterocycles. The van der Waals surface area contributed by atoms with Crippen LogP contribution in [0, 0.1) is 11.8 Å². The molecule has 6 nitrogen and oxygen atoms in total. The van der Waals surface area contributed by atoms with E-state index in [1.54, 1.807) is 12.1 Å². The average molecular weight is 492 g/mol. The van der Waals surface area contributed by atoms with E-state index < -0.39 is 16.1 Å². The minimum absolute atomic E-state index is 0. The summed E-state index contributed by atoms with van der Waals surface area (Å²) in [7, 11) is -4.21. The number of hydrogen-bond acceptors (Lipinski definition) is 6. The Kier molecular flexibility index (Phi) is 9.14. The number of aromatic nitrogens is 3. The summed E-state index contributed by atoms with van der Waals surface area (Å²) < 4.78 is 31.2. The van der Waals surface area contributed by atoms with Crippen LogP contribution in [0.15, 0.2) is 35.2 Å². The fourth-order valence-corrected chi connectivity index (χ4v) is 4.62. The van der Waals surface area contributed by atoms with Crippen molar-refractivity contribution in [3.8, 4) is 6.01 Å². The maximum atomic E-state index is 13.0. The predicted octanol–water partition coefficient (Wildman–Crippen LogP) is 2.61. The van der Waals surface area contributed by atoms with Gasteiger partial charge in [0.15, 0.2) is 0 Å². The van der Waals surface area contributed by atoms with Crippen LogP contribution in [0.4, 0.5) is 0 Å². The van der Waals surface area contributed by atoms with Crippen molar-refractivity contribution < 1.29 is 43.6 Å². The van der Waals surface area contributed by atoms with Gasteiger partial charge in [-0.25, -0.2) is 0 Å². The first-order valence-electron chi connectivity index (χ1n) is 9.61. The third-order valence-corrected chi connectivity index (χ3v) is 5.95. The van der Waals surface area contributed by atoms with Gasteiger partial charge in [0.05, 0.1) is 0 Å². The molecular weight excluding hydrogens is 468 g/mol. The number of rotatable bonds is 7. The second-order valence-electron chi connectivity index (χ2n) is 7.98. The van der Waals surface area contributed by atoms with E-state index in [4.69, 9.17) is 27.4 Å². The molecule has 1 heterocycles. The van der Waals surface area contributed by atoms with Gasteiger partial charge in [0, 0.05) is 0 Å². The first-order chi connectivity index (χ1) is 14.0. The standard InChI is InChI=1S/C21H23Cl2N3O3S.Na.H/c1-12(2)8-14-6-5-7-17-15(9-13(3)4)10-16(11-18(14)17)30(27,28)29-21-25-19(22)24-20(23)26-21;;/h5-7,10-13H,8-9H2,1-4H3;;/q;+1;-1. The van der Waals surface area contributed by atoms with Gasteiger partial charge in [-0.3, -0.25) is 0 Å². The minimum atomic E-state index is -4.21. The molecule has 0 unspecified atom stereocenters. The van der Waals surface area contributed by atoms with E-state index in [2.05, 4.69) is 42.6 Å². The van der Waals surface area contributed by atoms with Crippen molar-refractivity contribution in [3.63, 3.8) is 0 Å². The van der Waals surface area contributed by atoms with Gasteiger partial charge in [-0.2, -0.15) is 23.4 Å². The Morgan fingerprint density at radius 3 is 2.06 bits per heavy atom. The van der Waals surface area contributed by atoms with Gasteiger partial charge in [-0.05, 0) is 81.9 Å². The van der Waals surface area contributed by atoms with Crippen LogP contribution in [0.1, 0.15) is 40.2 Å². The van der Waals surface area contributed by atoms with E-state index >= 15 is 0 Å². The molecule has 0 saturated carbocycles. The number of fused-ring (bicyclic) bond motifs is 1. The summed E-state index contributed by atoms with van der Waals surface area (Å²) in [6.07, 6.45) is 1.57. The normalized spacial score (nSPS) is 11.7. The molecule has 0 saturated heterocycles. The molecule has 0 radical (unpaired) electrons. The monoisotopic (exact) mass is 491 g/mol. The summed E-state index contributed by atoms with van der Waals surface area (Å²) in [5.41, 5.74) is 2.04. The van der Waals surface area contributed by atoms with E-state index in [0.717, 1.165) is 34.7 Å². The van der Waals surface area contributed by atoms with Crippen LogP contribution in [0.3, 0.4) is 0 Å². The molecule has 0 amide bonds. The van der Waals surface area contributed by atoms with Gasteiger partial charge >= 0.3 is 45.7 Å². The third-order valence-electron chi connectivity index (χ3n) is 4.44. The first kappa shape index (κ1) is 26.3. The van der Waals surface area contributed by atoms with Crippen LogP contribution in [-0.4, -0.2) is 23.4 Å². The van der Waals surface area contributed by atoms with Crippen LogP contribution in [-0.2, 0) is 23.0 Å². The second-order valence-corrected chi connectivity index (χ2v) is 10.2. The second kappa shape index (κ2) is 10.8. The van der Waals surface area contributed by atoms with E-state index in [-0.39, 0.29) is 46.4 Å². The maximum Gasteiger partial charge on any atom is 1.00 e. The van der Waals surface area contributed by atoms with Gasteiger partial charge in [-0.1, -0.05) is 45.9 Å². The van der Waals surface area contributed by atoms with Gasteiger partial charge in [0.2, 0.25) is 10.6 Å². The van der Waals surface area contributed by atoms with Crippen molar-refractivity contribution in [3.05, 3.63) is 52.0 Å². The van der Waals surface area contributed by atoms with Crippen LogP contribution in [0.25, 0.3) is 10.8 Å². The summed E-state index contributed by atoms with van der Waals surface area (Å²) in [6, 6.07) is 8.91. The van der Waals surface area contributed by atoms with Crippen molar-refractivity contribution in [1.29, 1.82) is 0 Å². The molecule has 2 aromatic carbocycles. The van der Waals surface area contributed by atoms with Crippen molar-refractivity contribution >= 4 is 44.1 Å². The maximum absolute atomic E-state index is 13.0. The summed E-state index contributed by atoms with van der Waals surface area (Å²) in [4.78, 5) is 11.0. The van der Waals surface area contributed by atoms with E-state index in [1.165, 1.54) is 0 Å².